The summed E-state index contributed by atoms with van der Waals surface area (Å²) in [7, 11) is 3.10. The molecular formula is C21H25N3O4. The molecule has 1 amide bonds. The standard InChI is InChI=1S/C21H25N3O4/c1-27-16-4-5-18(19(11-16)28-2)24-12-15(3-6-20(24)25)21(26)22-17-13-23-9-7-14(17)8-10-23/h3-6,11-12,14,17H,7-10,13H2,1-2H3,(H,22,26). The Bertz CT molecular complexity index is 931. The molecule has 0 saturated carbocycles. The Kier molecular flexibility index (Phi) is 5.09. The summed E-state index contributed by atoms with van der Waals surface area (Å²) in [5, 5.41) is 3.16. The normalized spacial score (nSPS) is 23.3. The fourth-order valence-electron chi connectivity index (χ4n) is 4.17. The third kappa shape index (κ3) is 3.49. The number of nitrogens with zero attached hydrogens (tertiary/aromatic N) is 2. The molecule has 1 unspecified atom stereocenters. The van der Waals surface area contributed by atoms with Crippen LogP contribution in [0.5, 0.6) is 11.5 Å². The first-order valence-electron chi connectivity index (χ1n) is 9.57. The van der Waals surface area contributed by atoms with Gasteiger partial charge in [-0.3, -0.25) is 14.2 Å². The maximum absolute atomic E-state index is 12.8. The highest BCUT2D eigenvalue weighted by molar-refractivity contribution is 5.94. The molecule has 4 heterocycles. The van der Waals surface area contributed by atoms with Crippen molar-refractivity contribution in [1.82, 2.24) is 14.8 Å². The van der Waals surface area contributed by atoms with E-state index >= 15 is 0 Å². The van der Waals surface area contributed by atoms with Gasteiger partial charge < -0.3 is 19.7 Å². The number of rotatable bonds is 5. The molecule has 1 aromatic heterocycles. The lowest BCUT2D eigenvalue weighted by molar-refractivity contribution is 0.0620. The minimum absolute atomic E-state index is 0.153. The van der Waals surface area contributed by atoms with Crippen molar-refractivity contribution in [1.29, 1.82) is 0 Å². The van der Waals surface area contributed by atoms with Crippen molar-refractivity contribution in [3.8, 4) is 17.2 Å². The molecule has 7 nitrogen and oxygen atoms in total. The van der Waals surface area contributed by atoms with Crippen molar-refractivity contribution in [3.05, 3.63) is 52.4 Å². The van der Waals surface area contributed by atoms with Crippen LogP contribution in [-0.2, 0) is 0 Å². The summed E-state index contributed by atoms with van der Waals surface area (Å²) in [4.78, 5) is 27.7. The van der Waals surface area contributed by atoms with E-state index < -0.39 is 0 Å². The molecule has 148 valence electrons. The topological polar surface area (TPSA) is 72.8 Å². The van der Waals surface area contributed by atoms with Crippen LogP contribution in [-0.4, -0.2) is 55.3 Å². The first kappa shape index (κ1) is 18.6. The summed E-state index contributed by atoms with van der Waals surface area (Å²) in [6.45, 7) is 3.15. The van der Waals surface area contributed by atoms with Crippen molar-refractivity contribution in [2.45, 2.75) is 18.9 Å². The van der Waals surface area contributed by atoms with Gasteiger partial charge in [-0.05, 0) is 50.0 Å². The number of hydrogen-bond donors (Lipinski definition) is 1. The number of benzene rings is 1. The molecule has 3 saturated heterocycles. The Balaban J connectivity index is 1.60. The average molecular weight is 383 g/mol. The molecule has 28 heavy (non-hydrogen) atoms. The predicted octanol–water partition coefficient (Wildman–Crippen LogP) is 1.68. The van der Waals surface area contributed by atoms with E-state index in [1.165, 1.54) is 17.7 Å². The zero-order chi connectivity index (χ0) is 19.7. The number of hydrogen-bond acceptors (Lipinski definition) is 5. The highest BCUT2D eigenvalue weighted by Crippen LogP contribution is 2.28. The van der Waals surface area contributed by atoms with Crippen LogP contribution in [0.4, 0.5) is 0 Å². The molecule has 2 bridgehead atoms. The summed E-state index contributed by atoms with van der Waals surface area (Å²) >= 11 is 0. The summed E-state index contributed by atoms with van der Waals surface area (Å²) in [5.74, 6) is 1.52. The Labute approximate surface area is 163 Å². The van der Waals surface area contributed by atoms with E-state index in [-0.39, 0.29) is 17.5 Å². The van der Waals surface area contributed by atoms with E-state index in [4.69, 9.17) is 9.47 Å². The van der Waals surface area contributed by atoms with Gasteiger partial charge in [0.1, 0.15) is 11.5 Å². The van der Waals surface area contributed by atoms with Crippen LogP contribution in [0.1, 0.15) is 23.2 Å². The summed E-state index contributed by atoms with van der Waals surface area (Å²) in [5.41, 5.74) is 0.780. The second-order valence-corrected chi connectivity index (χ2v) is 7.38. The number of ether oxygens (including phenoxy) is 2. The highest BCUT2D eigenvalue weighted by atomic mass is 16.5. The number of nitrogens with one attached hydrogen (secondary N) is 1. The lowest BCUT2D eigenvalue weighted by Crippen LogP contribution is -2.57. The van der Waals surface area contributed by atoms with Crippen LogP contribution >= 0.6 is 0 Å². The second kappa shape index (κ2) is 7.67. The monoisotopic (exact) mass is 383 g/mol. The van der Waals surface area contributed by atoms with Crippen LogP contribution < -0.4 is 20.3 Å². The SMILES string of the molecule is COc1ccc(-n2cc(C(=O)NC3CN4CCC3CC4)ccc2=O)c(OC)c1. The van der Waals surface area contributed by atoms with E-state index in [2.05, 4.69) is 10.2 Å². The van der Waals surface area contributed by atoms with Gasteiger partial charge in [0.25, 0.3) is 11.5 Å². The van der Waals surface area contributed by atoms with E-state index in [1.54, 1.807) is 37.6 Å². The van der Waals surface area contributed by atoms with Crippen LogP contribution in [0, 0.1) is 5.92 Å². The first-order valence-corrected chi connectivity index (χ1v) is 9.57. The zero-order valence-electron chi connectivity index (χ0n) is 16.2. The van der Waals surface area contributed by atoms with Crippen molar-refractivity contribution in [2.75, 3.05) is 33.9 Å². The van der Waals surface area contributed by atoms with Crippen molar-refractivity contribution < 1.29 is 14.3 Å². The third-order valence-electron chi connectivity index (χ3n) is 5.79. The Hall–Kier alpha value is -2.80. The third-order valence-corrected chi connectivity index (χ3v) is 5.79. The van der Waals surface area contributed by atoms with Gasteiger partial charge in [-0.25, -0.2) is 0 Å². The van der Waals surface area contributed by atoms with E-state index in [9.17, 15) is 9.59 Å². The van der Waals surface area contributed by atoms with E-state index in [0.29, 0.717) is 28.7 Å². The van der Waals surface area contributed by atoms with Gasteiger partial charge in [-0.15, -0.1) is 0 Å². The summed E-state index contributed by atoms with van der Waals surface area (Å²) in [6, 6.07) is 8.37. The minimum atomic E-state index is -0.233. The molecule has 1 atom stereocenters. The molecular weight excluding hydrogens is 358 g/mol. The molecule has 3 aliphatic heterocycles. The van der Waals surface area contributed by atoms with E-state index in [0.717, 1.165) is 32.5 Å². The fraction of sp³-hybridized carbons (Fsp3) is 0.429. The quantitative estimate of drug-likeness (QED) is 0.851. The maximum atomic E-state index is 12.8. The lowest BCUT2D eigenvalue weighted by Gasteiger charge is -2.44. The predicted molar refractivity (Wildman–Crippen MR) is 106 cm³/mol. The molecule has 2 aromatic rings. The van der Waals surface area contributed by atoms with Gasteiger partial charge in [-0.2, -0.15) is 0 Å². The Morgan fingerprint density at radius 3 is 2.54 bits per heavy atom. The molecule has 0 spiro atoms. The van der Waals surface area contributed by atoms with Crippen molar-refractivity contribution in [2.24, 2.45) is 5.92 Å². The van der Waals surface area contributed by atoms with Crippen LogP contribution in [0.25, 0.3) is 5.69 Å². The summed E-state index contributed by atoms with van der Waals surface area (Å²) in [6.07, 6.45) is 3.84. The Morgan fingerprint density at radius 1 is 1.11 bits per heavy atom. The molecule has 3 aliphatic rings. The van der Waals surface area contributed by atoms with Crippen LogP contribution in [0.15, 0.2) is 41.3 Å². The molecule has 0 aliphatic carbocycles. The lowest BCUT2D eigenvalue weighted by atomic mass is 9.84. The maximum Gasteiger partial charge on any atom is 0.255 e. The molecule has 1 aromatic carbocycles. The molecule has 3 fully saturated rings. The van der Waals surface area contributed by atoms with E-state index in [1.807, 2.05) is 0 Å². The van der Waals surface area contributed by atoms with Gasteiger partial charge in [0, 0.05) is 30.9 Å². The van der Waals surface area contributed by atoms with Crippen molar-refractivity contribution in [3.63, 3.8) is 0 Å². The molecule has 1 N–H and O–H groups in total. The van der Waals surface area contributed by atoms with Gasteiger partial charge in [0.15, 0.2) is 0 Å². The minimum Gasteiger partial charge on any atom is -0.497 e. The molecule has 0 radical (unpaired) electrons. The summed E-state index contributed by atoms with van der Waals surface area (Å²) < 4.78 is 12.1. The zero-order valence-corrected chi connectivity index (χ0v) is 16.2. The smallest absolute Gasteiger partial charge is 0.255 e. The second-order valence-electron chi connectivity index (χ2n) is 7.38. The van der Waals surface area contributed by atoms with Gasteiger partial charge in [0.2, 0.25) is 0 Å². The molecule has 7 heteroatoms. The first-order chi connectivity index (χ1) is 13.6. The van der Waals surface area contributed by atoms with Crippen molar-refractivity contribution >= 4 is 5.91 Å². The average Bonchev–Trinajstić information content (AvgIpc) is 2.74. The number of carbonyl (C=O) groups excluding carboxylic acids is 1. The number of methoxy groups -OCH3 is 2. The largest absolute Gasteiger partial charge is 0.497 e. The van der Waals surface area contributed by atoms with Gasteiger partial charge in [0.05, 0.1) is 25.5 Å². The Morgan fingerprint density at radius 2 is 1.89 bits per heavy atom. The van der Waals surface area contributed by atoms with Gasteiger partial charge >= 0.3 is 0 Å². The number of aromatic nitrogens is 1. The number of pyridine rings is 1. The number of amides is 1. The van der Waals surface area contributed by atoms with Crippen LogP contribution in [0.2, 0.25) is 0 Å². The number of carbonyl (C=O) groups is 1. The highest BCUT2D eigenvalue weighted by Gasteiger charge is 2.35. The van der Waals surface area contributed by atoms with Crippen LogP contribution in [0.3, 0.4) is 0 Å². The fourth-order valence-corrected chi connectivity index (χ4v) is 4.17. The number of fused-ring (bicyclic) bond motifs is 3. The van der Waals surface area contributed by atoms with Gasteiger partial charge in [-0.1, -0.05) is 0 Å². The number of piperidine rings is 3. The molecule has 5 rings (SSSR count).